The summed E-state index contributed by atoms with van der Waals surface area (Å²) in [4.78, 5) is 31.8. The molecular weight excluding hydrogens is 473 g/mol. The minimum atomic E-state index is -0.525. The van der Waals surface area contributed by atoms with E-state index in [2.05, 4.69) is 10.2 Å². The second kappa shape index (κ2) is 9.78. The van der Waals surface area contributed by atoms with Gasteiger partial charge in [-0.15, -0.1) is 0 Å². The Balaban J connectivity index is 1.25. The van der Waals surface area contributed by atoms with E-state index >= 15 is 0 Å². The first-order chi connectivity index (χ1) is 16.5. The first-order valence-electron chi connectivity index (χ1n) is 11.2. The van der Waals surface area contributed by atoms with Gasteiger partial charge in [-0.25, -0.2) is 4.39 Å². The summed E-state index contributed by atoms with van der Waals surface area (Å²) in [5.74, 6) is -0.947. The van der Waals surface area contributed by atoms with E-state index in [0.29, 0.717) is 31.0 Å². The van der Waals surface area contributed by atoms with Gasteiger partial charge in [-0.2, -0.15) is 0 Å². The number of nitrogens with one attached hydrogen (secondary N) is 1. The number of anilines is 2. The lowest BCUT2D eigenvalue weighted by atomic mass is 10.0. The number of benzene rings is 3. The van der Waals surface area contributed by atoms with Crippen LogP contribution in [0, 0.1) is 5.82 Å². The van der Waals surface area contributed by atoms with Gasteiger partial charge in [0, 0.05) is 33.9 Å². The van der Waals surface area contributed by atoms with Gasteiger partial charge < -0.3 is 5.32 Å². The third-order valence-corrected chi connectivity index (χ3v) is 7.50. The number of carbonyl (C=O) groups is 2. The maximum atomic E-state index is 13.9. The van der Waals surface area contributed by atoms with E-state index in [9.17, 15) is 14.0 Å². The Morgan fingerprint density at radius 2 is 1.68 bits per heavy atom. The van der Waals surface area contributed by atoms with Crippen molar-refractivity contribution in [3.8, 4) is 0 Å². The van der Waals surface area contributed by atoms with E-state index in [4.69, 9.17) is 11.6 Å². The highest BCUT2D eigenvalue weighted by molar-refractivity contribution is 7.99. The van der Waals surface area contributed by atoms with E-state index in [1.54, 1.807) is 28.8 Å². The van der Waals surface area contributed by atoms with Crippen molar-refractivity contribution in [2.24, 2.45) is 0 Å². The van der Waals surface area contributed by atoms with Gasteiger partial charge in [0.15, 0.2) is 0 Å². The van der Waals surface area contributed by atoms with Gasteiger partial charge in [0.2, 0.25) is 5.91 Å². The van der Waals surface area contributed by atoms with Crippen LogP contribution in [0.3, 0.4) is 0 Å². The molecule has 0 unspecified atom stereocenters. The van der Waals surface area contributed by atoms with Crippen LogP contribution < -0.4 is 10.2 Å². The normalized spacial score (nSPS) is 16.0. The molecule has 2 aliphatic rings. The number of fused-ring (bicyclic) bond motifs is 2. The van der Waals surface area contributed by atoms with Crippen molar-refractivity contribution < 1.29 is 14.0 Å². The van der Waals surface area contributed by atoms with E-state index in [1.807, 2.05) is 42.5 Å². The first kappa shape index (κ1) is 22.9. The van der Waals surface area contributed by atoms with Crippen molar-refractivity contribution in [3.05, 3.63) is 83.1 Å². The quantitative estimate of drug-likeness (QED) is 0.519. The summed E-state index contributed by atoms with van der Waals surface area (Å²) in [5, 5.41) is 3.51. The second-order valence-corrected chi connectivity index (χ2v) is 9.93. The molecule has 1 N–H and O–H groups in total. The molecule has 1 fully saturated rings. The third-order valence-electron chi connectivity index (χ3n) is 6.14. The molecule has 0 spiro atoms. The fraction of sp³-hybridized carbons (Fsp3) is 0.231. The standard InChI is InChI=1S/C26H23ClFN3O2S/c27-17-9-10-24-22(15-17)31(21-7-3-4-8-23(21)34-24)25(32)16-30-13-11-18(12-14-30)29-26(33)19-5-1-2-6-20(19)28/h1-10,15,18H,11-14,16H2,(H,29,33). The van der Waals surface area contributed by atoms with Gasteiger partial charge >= 0.3 is 0 Å². The van der Waals surface area contributed by atoms with Gasteiger partial charge in [-0.3, -0.25) is 19.4 Å². The van der Waals surface area contributed by atoms with E-state index in [0.717, 1.165) is 21.2 Å². The summed E-state index contributed by atoms with van der Waals surface area (Å²) in [5.41, 5.74) is 1.71. The van der Waals surface area contributed by atoms with Crippen LogP contribution in [-0.4, -0.2) is 42.4 Å². The second-order valence-electron chi connectivity index (χ2n) is 8.41. The van der Waals surface area contributed by atoms with Crippen LogP contribution in [-0.2, 0) is 4.79 Å². The van der Waals surface area contributed by atoms with Crippen molar-refractivity contribution in [2.45, 2.75) is 28.7 Å². The minimum absolute atomic E-state index is 0.0230. The number of hydrogen-bond acceptors (Lipinski definition) is 4. The molecule has 0 bridgehead atoms. The molecule has 0 aromatic heterocycles. The molecule has 1 saturated heterocycles. The van der Waals surface area contributed by atoms with Crippen LogP contribution in [0.4, 0.5) is 15.8 Å². The fourth-order valence-corrected chi connectivity index (χ4v) is 5.61. The summed E-state index contributed by atoms with van der Waals surface area (Å²) < 4.78 is 13.9. The molecule has 34 heavy (non-hydrogen) atoms. The number of nitrogens with zero attached hydrogens (tertiary/aromatic N) is 2. The predicted molar refractivity (Wildman–Crippen MR) is 132 cm³/mol. The predicted octanol–water partition coefficient (Wildman–Crippen LogP) is 5.50. The molecule has 8 heteroatoms. The lowest BCUT2D eigenvalue weighted by Gasteiger charge is -2.35. The topological polar surface area (TPSA) is 52.7 Å². The zero-order valence-corrected chi connectivity index (χ0v) is 19.9. The van der Waals surface area contributed by atoms with Crippen molar-refractivity contribution in [2.75, 3.05) is 24.5 Å². The molecule has 3 aromatic rings. The zero-order valence-electron chi connectivity index (χ0n) is 18.3. The Labute approximate surface area is 206 Å². The summed E-state index contributed by atoms with van der Waals surface area (Å²) >= 11 is 7.89. The van der Waals surface area contributed by atoms with Crippen molar-refractivity contribution in [3.63, 3.8) is 0 Å². The Hall–Kier alpha value is -2.87. The molecule has 2 amide bonds. The number of hydrogen-bond donors (Lipinski definition) is 1. The monoisotopic (exact) mass is 495 g/mol. The molecule has 5 nitrogen and oxygen atoms in total. The Bertz CT molecular complexity index is 1250. The molecule has 0 radical (unpaired) electrons. The highest BCUT2D eigenvalue weighted by Crippen LogP contribution is 2.48. The first-order valence-corrected chi connectivity index (χ1v) is 12.4. The van der Waals surface area contributed by atoms with Crippen LogP contribution in [0.2, 0.25) is 5.02 Å². The highest BCUT2D eigenvalue weighted by Gasteiger charge is 2.30. The number of piperidine rings is 1. The van der Waals surface area contributed by atoms with Gasteiger partial charge in [-0.05, 0) is 55.3 Å². The summed E-state index contributed by atoms with van der Waals surface area (Å²) in [7, 11) is 0. The number of likely N-dealkylation sites (tertiary alicyclic amines) is 1. The molecule has 3 aromatic carbocycles. The zero-order chi connectivity index (χ0) is 23.7. The number of carbonyl (C=O) groups excluding carboxylic acids is 2. The van der Waals surface area contributed by atoms with Gasteiger partial charge in [-0.1, -0.05) is 47.6 Å². The largest absolute Gasteiger partial charge is 0.349 e. The highest BCUT2D eigenvalue weighted by atomic mass is 35.5. The molecular formula is C26H23ClFN3O2S. The van der Waals surface area contributed by atoms with Crippen molar-refractivity contribution in [1.29, 1.82) is 0 Å². The fourth-order valence-electron chi connectivity index (χ4n) is 4.40. The summed E-state index contributed by atoms with van der Waals surface area (Å²) in [6.07, 6.45) is 1.39. The lowest BCUT2D eigenvalue weighted by molar-refractivity contribution is -0.119. The minimum Gasteiger partial charge on any atom is -0.349 e. The molecule has 174 valence electrons. The smallest absolute Gasteiger partial charge is 0.254 e. The van der Waals surface area contributed by atoms with Gasteiger partial charge in [0.05, 0.1) is 23.5 Å². The summed E-state index contributed by atoms with van der Waals surface area (Å²) in [6.45, 7) is 1.60. The molecule has 0 saturated carbocycles. The Kier molecular flexibility index (Phi) is 6.59. The van der Waals surface area contributed by atoms with Crippen molar-refractivity contribution >= 4 is 46.6 Å². The molecule has 2 aliphatic heterocycles. The maximum absolute atomic E-state index is 13.9. The number of amides is 2. The van der Waals surface area contributed by atoms with Gasteiger partial charge in [0.1, 0.15) is 5.82 Å². The Morgan fingerprint density at radius 1 is 0.971 bits per heavy atom. The average Bonchev–Trinajstić information content (AvgIpc) is 2.84. The molecule has 0 atom stereocenters. The maximum Gasteiger partial charge on any atom is 0.254 e. The molecule has 0 aliphatic carbocycles. The average molecular weight is 496 g/mol. The van der Waals surface area contributed by atoms with E-state index < -0.39 is 11.7 Å². The third kappa shape index (κ3) is 4.69. The van der Waals surface area contributed by atoms with E-state index in [-0.39, 0.29) is 24.1 Å². The van der Waals surface area contributed by atoms with Gasteiger partial charge in [0.25, 0.3) is 5.91 Å². The number of rotatable bonds is 4. The van der Waals surface area contributed by atoms with Crippen LogP contribution in [0.15, 0.2) is 76.5 Å². The number of halogens is 2. The van der Waals surface area contributed by atoms with Crippen LogP contribution in [0.25, 0.3) is 0 Å². The number of para-hydroxylation sites is 1. The van der Waals surface area contributed by atoms with Crippen LogP contribution in [0.1, 0.15) is 23.2 Å². The lowest BCUT2D eigenvalue weighted by Crippen LogP contribution is -2.47. The van der Waals surface area contributed by atoms with Crippen molar-refractivity contribution in [1.82, 2.24) is 10.2 Å². The van der Waals surface area contributed by atoms with Crippen LogP contribution >= 0.6 is 23.4 Å². The molecule has 2 heterocycles. The summed E-state index contributed by atoms with van der Waals surface area (Å²) in [6, 6.07) is 19.4. The SMILES string of the molecule is O=C(NC1CCN(CC(=O)N2c3ccccc3Sc3ccc(Cl)cc32)CC1)c1ccccc1F. The van der Waals surface area contributed by atoms with Crippen LogP contribution in [0.5, 0.6) is 0 Å². The molecule has 5 rings (SSSR count). The van der Waals surface area contributed by atoms with E-state index in [1.165, 1.54) is 12.1 Å². The Morgan fingerprint density at radius 3 is 2.47 bits per heavy atom.